The summed E-state index contributed by atoms with van der Waals surface area (Å²) in [5.41, 5.74) is 1.35. The van der Waals surface area contributed by atoms with Crippen molar-refractivity contribution in [3.05, 3.63) is 21.9 Å². The van der Waals surface area contributed by atoms with E-state index in [2.05, 4.69) is 33.6 Å². The van der Waals surface area contributed by atoms with E-state index in [-0.39, 0.29) is 0 Å². The zero-order valence-electron chi connectivity index (χ0n) is 12.0. The van der Waals surface area contributed by atoms with Crippen molar-refractivity contribution in [3.8, 4) is 0 Å². The molecular formula is C14H23N3OS. The van der Waals surface area contributed by atoms with Crippen LogP contribution in [-0.4, -0.2) is 44.7 Å². The number of ether oxygens (including phenoxy) is 1. The summed E-state index contributed by atoms with van der Waals surface area (Å²) >= 11 is 1.80. The first-order chi connectivity index (χ1) is 9.24. The molecule has 5 heteroatoms. The van der Waals surface area contributed by atoms with Crippen molar-refractivity contribution in [2.45, 2.75) is 19.9 Å². The Morgan fingerprint density at radius 1 is 1.63 bits per heavy atom. The Hall–Kier alpha value is -1.07. The molecule has 2 rings (SSSR count). The molecule has 1 atom stereocenters. The molecule has 4 nitrogen and oxygen atoms in total. The maximum absolute atomic E-state index is 5.24. The van der Waals surface area contributed by atoms with E-state index in [1.54, 1.807) is 18.4 Å². The molecule has 19 heavy (non-hydrogen) atoms. The molecule has 1 saturated heterocycles. The van der Waals surface area contributed by atoms with Crippen molar-refractivity contribution in [1.82, 2.24) is 10.2 Å². The van der Waals surface area contributed by atoms with Crippen molar-refractivity contribution in [2.24, 2.45) is 10.9 Å². The Bertz CT molecular complexity index is 430. The highest BCUT2D eigenvalue weighted by Gasteiger charge is 2.24. The number of thiophene rings is 1. The summed E-state index contributed by atoms with van der Waals surface area (Å²) in [7, 11) is 3.63. The van der Waals surface area contributed by atoms with Crippen LogP contribution < -0.4 is 5.32 Å². The van der Waals surface area contributed by atoms with E-state index >= 15 is 0 Å². The van der Waals surface area contributed by atoms with E-state index in [9.17, 15) is 0 Å². The molecular weight excluding hydrogens is 258 g/mol. The summed E-state index contributed by atoms with van der Waals surface area (Å²) in [4.78, 5) is 8.10. The van der Waals surface area contributed by atoms with Gasteiger partial charge in [0.05, 0.1) is 13.2 Å². The van der Waals surface area contributed by atoms with Gasteiger partial charge in [-0.3, -0.25) is 4.99 Å². The van der Waals surface area contributed by atoms with Gasteiger partial charge in [-0.2, -0.15) is 0 Å². The number of guanidine groups is 1. The molecule has 0 bridgehead atoms. The minimum Gasteiger partial charge on any atom is -0.384 e. The van der Waals surface area contributed by atoms with Gasteiger partial charge >= 0.3 is 0 Å². The van der Waals surface area contributed by atoms with Crippen molar-refractivity contribution in [3.63, 3.8) is 0 Å². The molecule has 1 unspecified atom stereocenters. The smallest absolute Gasteiger partial charge is 0.193 e. The summed E-state index contributed by atoms with van der Waals surface area (Å²) in [6.45, 7) is 5.97. The van der Waals surface area contributed by atoms with Crippen LogP contribution in [0.3, 0.4) is 0 Å². The fraction of sp³-hybridized carbons (Fsp3) is 0.643. The van der Waals surface area contributed by atoms with E-state index in [0.717, 1.165) is 32.2 Å². The third kappa shape index (κ3) is 3.70. The first kappa shape index (κ1) is 14.3. The first-order valence-corrected chi connectivity index (χ1v) is 7.60. The molecule has 0 saturated carbocycles. The van der Waals surface area contributed by atoms with Crippen LogP contribution in [0.5, 0.6) is 0 Å². The lowest BCUT2D eigenvalue weighted by Crippen LogP contribution is -2.39. The van der Waals surface area contributed by atoms with Gasteiger partial charge in [-0.25, -0.2) is 0 Å². The summed E-state index contributed by atoms with van der Waals surface area (Å²) in [5.74, 6) is 1.64. The number of rotatable bonds is 4. The summed E-state index contributed by atoms with van der Waals surface area (Å²) < 4.78 is 5.24. The minimum atomic E-state index is 0.632. The monoisotopic (exact) mass is 281 g/mol. The van der Waals surface area contributed by atoms with Gasteiger partial charge < -0.3 is 15.0 Å². The summed E-state index contributed by atoms with van der Waals surface area (Å²) in [5, 5.41) is 5.60. The average molecular weight is 281 g/mol. The van der Waals surface area contributed by atoms with Crippen LogP contribution in [0.15, 0.2) is 16.4 Å². The molecule has 1 aliphatic rings. The molecule has 0 radical (unpaired) electrons. The number of nitrogens with zero attached hydrogens (tertiary/aromatic N) is 2. The van der Waals surface area contributed by atoms with Crippen LogP contribution in [-0.2, 0) is 11.3 Å². The molecule has 1 aliphatic heterocycles. The SMILES string of the molecule is CN=C(NCc1sccc1C)N1CCC(COC)C1. The number of hydrogen-bond donors (Lipinski definition) is 1. The number of hydrogen-bond acceptors (Lipinski definition) is 3. The summed E-state index contributed by atoms with van der Waals surface area (Å²) in [6.07, 6.45) is 1.19. The number of aliphatic imine (C=N–C) groups is 1. The van der Waals surface area contributed by atoms with E-state index in [1.165, 1.54) is 16.9 Å². The highest BCUT2D eigenvalue weighted by atomic mass is 32.1. The average Bonchev–Trinajstić information content (AvgIpc) is 3.01. The number of aryl methyl sites for hydroxylation is 1. The minimum absolute atomic E-state index is 0.632. The fourth-order valence-electron chi connectivity index (χ4n) is 2.47. The quantitative estimate of drug-likeness (QED) is 0.678. The van der Waals surface area contributed by atoms with Crippen molar-refractivity contribution >= 4 is 17.3 Å². The normalized spacial score (nSPS) is 20.1. The maximum Gasteiger partial charge on any atom is 0.193 e. The highest BCUT2D eigenvalue weighted by Crippen LogP contribution is 2.18. The predicted octanol–water partition coefficient (Wildman–Crippen LogP) is 2.10. The van der Waals surface area contributed by atoms with Gasteiger partial charge in [0.1, 0.15) is 0 Å². The van der Waals surface area contributed by atoms with Gasteiger partial charge in [0.15, 0.2) is 5.96 Å². The Balaban J connectivity index is 1.86. The van der Waals surface area contributed by atoms with Gasteiger partial charge in [0, 0.05) is 38.0 Å². The van der Waals surface area contributed by atoms with E-state index in [0.29, 0.717) is 5.92 Å². The zero-order valence-corrected chi connectivity index (χ0v) is 12.8. The third-order valence-electron chi connectivity index (χ3n) is 3.57. The first-order valence-electron chi connectivity index (χ1n) is 6.72. The zero-order chi connectivity index (χ0) is 13.7. The molecule has 1 aromatic heterocycles. The summed E-state index contributed by atoms with van der Waals surface area (Å²) in [6, 6.07) is 2.16. The van der Waals surface area contributed by atoms with Crippen LogP contribution in [0, 0.1) is 12.8 Å². The van der Waals surface area contributed by atoms with E-state index in [1.807, 2.05) is 7.05 Å². The number of methoxy groups -OCH3 is 1. The second-order valence-corrected chi connectivity index (χ2v) is 5.98. The molecule has 1 aromatic rings. The highest BCUT2D eigenvalue weighted by molar-refractivity contribution is 7.10. The van der Waals surface area contributed by atoms with Crippen LogP contribution in [0.1, 0.15) is 16.9 Å². The number of likely N-dealkylation sites (tertiary alicyclic amines) is 1. The molecule has 1 fully saturated rings. The Labute approximate surface area is 119 Å². The van der Waals surface area contributed by atoms with Gasteiger partial charge in [-0.15, -0.1) is 11.3 Å². The topological polar surface area (TPSA) is 36.9 Å². The van der Waals surface area contributed by atoms with Crippen LogP contribution in [0.4, 0.5) is 0 Å². The molecule has 106 valence electrons. The lowest BCUT2D eigenvalue weighted by Gasteiger charge is -2.21. The van der Waals surface area contributed by atoms with E-state index < -0.39 is 0 Å². The van der Waals surface area contributed by atoms with Gasteiger partial charge in [-0.05, 0) is 30.4 Å². The lowest BCUT2D eigenvalue weighted by atomic mass is 10.1. The number of nitrogens with one attached hydrogen (secondary N) is 1. The molecule has 0 amide bonds. The van der Waals surface area contributed by atoms with Crippen LogP contribution in [0.25, 0.3) is 0 Å². The Morgan fingerprint density at radius 2 is 2.47 bits per heavy atom. The van der Waals surface area contributed by atoms with Crippen molar-refractivity contribution < 1.29 is 4.74 Å². The van der Waals surface area contributed by atoms with Crippen molar-refractivity contribution in [1.29, 1.82) is 0 Å². The van der Waals surface area contributed by atoms with Crippen LogP contribution in [0.2, 0.25) is 0 Å². The molecule has 0 spiro atoms. The standard InChI is InChI=1S/C14H23N3OS/c1-11-5-7-19-13(11)8-16-14(15-2)17-6-4-12(9-17)10-18-3/h5,7,12H,4,6,8-10H2,1-3H3,(H,15,16). The van der Waals surface area contributed by atoms with E-state index in [4.69, 9.17) is 4.74 Å². The lowest BCUT2D eigenvalue weighted by molar-refractivity contribution is 0.157. The van der Waals surface area contributed by atoms with Gasteiger partial charge in [0.2, 0.25) is 0 Å². The Morgan fingerprint density at radius 3 is 3.11 bits per heavy atom. The molecule has 1 N–H and O–H groups in total. The van der Waals surface area contributed by atoms with Crippen molar-refractivity contribution in [2.75, 3.05) is 33.9 Å². The largest absolute Gasteiger partial charge is 0.384 e. The Kier molecular flexibility index (Phi) is 5.22. The molecule has 0 aliphatic carbocycles. The third-order valence-corrected chi connectivity index (χ3v) is 4.60. The maximum atomic E-state index is 5.24. The van der Waals surface area contributed by atoms with Gasteiger partial charge in [-0.1, -0.05) is 0 Å². The fourth-order valence-corrected chi connectivity index (χ4v) is 3.32. The predicted molar refractivity (Wildman–Crippen MR) is 80.8 cm³/mol. The molecule has 2 heterocycles. The van der Waals surface area contributed by atoms with Gasteiger partial charge in [0.25, 0.3) is 0 Å². The second-order valence-electron chi connectivity index (χ2n) is 4.98. The van der Waals surface area contributed by atoms with Crippen LogP contribution >= 0.6 is 11.3 Å². The molecule has 0 aromatic carbocycles. The second kappa shape index (κ2) is 6.91.